The summed E-state index contributed by atoms with van der Waals surface area (Å²) in [5.74, 6) is -0.556. The second kappa shape index (κ2) is 6.74. The Morgan fingerprint density at radius 3 is 2.24 bits per heavy atom. The van der Waals surface area contributed by atoms with Crippen molar-refractivity contribution >= 4 is 11.8 Å². The molecule has 1 aliphatic rings. The largest absolute Gasteiger partial charge is 0.466 e. The molecule has 0 amide bonds. The van der Waals surface area contributed by atoms with Crippen LogP contribution >= 0.6 is 0 Å². The summed E-state index contributed by atoms with van der Waals surface area (Å²) in [6.07, 6.45) is 4.44. The number of rotatable bonds is 6. The van der Waals surface area contributed by atoms with Gasteiger partial charge in [-0.05, 0) is 26.7 Å². The molecule has 4 heteroatoms. The monoisotopic (exact) mass is 242 g/mol. The molecular weight excluding hydrogens is 220 g/mol. The molecule has 0 atom stereocenters. The van der Waals surface area contributed by atoms with Crippen molar-refractivity contribution in [3.8, 4) is 0 Å². The van der Waals surface area contributed by atoms with Crippen LogP contribution in [0.15, 0.2) is 0 Å². The van der Waals surface area contributed by atoms with Crippen molar-refractivity contribution in [2.45, 2.75) is 58.0 Å². The van der Waals surface area contributed by atoms with Crippen LogP contribution in [0.4, 0.5) is 0 Å². The van der Waals surface area contributed by atoms with Gasteiger partial charge in [-0.1, -0.05) is 19.3 Å². The predicted octanol–water partition coefficient (Wildman–Crippen LogP) is 2.25. The van der Waals surface area contributed by atoms with Gasteiger partial charge in [-0.25, -0.2) is 0 Å². The van der Waals surface area contributed by atoms with E-state index < -0.39 is 11.6 Å². The van der Waals surface area contributed by atoms with Gasteiger partial charge >= 0.3 is 5.97 Å². The zero-order chi connectivity index (χ0) is 12.7. The Morgan fingerprint density at radius 1 is 1.06 bits per heavy atom. The van der Waals surface area contributed by atoms with Gasteiger partial charge in [-0.3, -0.25) is 9.59 Å². The lowest BCUT2D eigenvalue weighted by atomic mass is 9.80. The van der Waals surface area contributed by atoms with E-state index in [4.69, 9.17) is 9.47 Å². The molecular formula is C13H22O4. The van der Waals surface area contributed by atoms with Gasteiger partial charge < -0.3 is 9.47 Å². The van der Waals surface area contributed by atoms with E-state index in [0.29, 0.717) is 13.2 Å². The van der Waals surface area contributed by atoms with Crippen molar-refractivity contribution in [2.75, 3.05) is 13.2 Å². The van der Waals surface area contributed by atoms with Crippen molar-refractivity contribution in [1.29, 1.82) is 0 Å². The third kappa shape index (κ3) is 3.80. The Balaban J connectivity index is 2.62. The number of ether oxygens (including phenoxy) is 2. The summed E-state index contributed by atoms with van der Waals surface area (Å²) in [5.41, 5.74) is -0.722. The Hall–Kier alpha value is -0.900. The molecule has 1 aliphatic carbocycles. The van der Waals surface area contributed by atoms with Crippen LogP contribution in [0.3, 0.4) is 0 Å². The first-order valence-electron chi connectivity index (χ1n) is 6.47. The number of carbonyl (C=O) groups is 2. The number of hydrogen-bond donors (Lipinski definition) is 0. The molecule has 1 rings (SSSR count). The van der Waals surface area contributed by atoms with E-state index in [2.05, 4.69) is 0 Å². The second-order valence-corrected chi connectivity index (χ2v) is 4.39. The SMILES string of the molecule is CCOC(=O)CC(=O)C1(OCC)CCCCC1. The van der Waals surface area contributed by atoms with E-state index in [1.165, 1.54) is 0 Å². The van der Waals surface area contributed by atoms with Gasteiger partial charge in [0.25, 0.3) is 0 Å². The molecule has 0 N–H and O–H groups in total. The second-order valence-electron chi connectivity index (χ2n) is 4.39. The van der Waals surface area contributed by atoms with Crippen LogP contribution in [-0.2, 0) is 19.1 Å². The van der Waals surface area contributed by atoms with E-state index in [1.807, 2.05) is 6.92 Å². The van der Waals surface area contributed by atoms with Gasteiger partial charge in [-0.15, -0.1) is 0 Å². The molecule has 0 heterocycles. The van der Waals surface area contributed by atoms with Gasteiger partial charge in [-0.2, -0.15) is 0 Å². The van der Waals surface area contributed by atoms with E-state index >= 15 is 0 Å². The van der Waals surface area contributed by atoms with Crippen LogP contribution in [0.25, 0.3) is 0 Å². The topological polar surface area (TPSA) is 52.6 Å². The Labute approximate surface area is 103 Å². The summed E-state index contributed by atoms with van der Waals surface area (Å²) >= 11 is 0. The third-order valence-electron chi connectivity index (χ3n) is 3.20. The number of esters is 1. The lowest BCUT2D eigenvalue weighted by molar-refractivity contribution is -0.157. The fourth-order valence-corrected chi connectivity index (χ4v) is 2.41. The highest BCUT2D eigenvalue weighted by atomic mass is 16.5. The van der Waals surface area contributed by atoms with Crippen LogP contribution in [0.5, 0.6) is 0 Å². The molecule has 1 fully saturated rings. The van der Waals surface area contributed by atoms with Crippen LogP contribution in [0.1, 0.15) is 52.4 Å². The zero-order valence-corrected chi connectivity index (χ0v) is 10.8. The van der Waals surface area contributed by atoms with Crippen LogP contribution in [-0.4, -0.2) is 30.6 Å². The molecule has 0 aromatic rings. The lowest BCUT2D eigenvalue weighted by Crippen LogP contribution is -2.44. The van der Waals surface area contributed by atoms with Gasteiger partial charge in [0.2, 0.25) is 0 Å². The first-order valence-corrected chi connectivity index (χ1v) is 6.47. The maximum Gasteiger partial charge on any atom is 0.313 e. The lowest BCUT2D eigenvalue weighted by Gasteiger charge is -2.35. The summed E-state index contributed by atoms with van der Waals surface area (Å²) in [6, 6.07) is 0. The van der Waals surface area contributed by atoms with E-state index in [0.717, 1.165) is 32.1 Å². The molecule has 98 valence electrons. The average molecular weight is 242 g/mol. The number of Topliss-reactive ketones (excluding diaryl/α,β-unsaturated/α-hetero) is 1. The highest BCUT2D eigenvalue weighted by molar-refractivity contribution is 6.00. The average Bonchev–Trinajstić information content (AvgIpc) is 2.30. The molecule has 0 saturated heterocycles. The minimum atomic E-state index is -0.722. The maximum atomic E-state index is 12.2. The van der Waals surface area contributed by atoms with Gasteiger partial charge in [0, 0.05) is 6.61 Å². The molecule has 4 nitrogen and oxygen atoms in total. The van der Waals surface area contributed by atoms with Crippen LogP contribution < -0.4 is 0 Å². The minimum Gasteiger partial charge on any atom is -0.466 e. The predicted molar refractivity (Wildman–Crippen MR) is 63.7 cm³/mol. The number of hydrogen-bond acceptors (Lipinski definition) is 4. The number of carbonyl (C=O) groups excluding carboxylic acids is 2. The smallest absolute Gasteiger partial charge is 0.313 e. The number of ketones is 1. The summed E-state index contributed by atoms with van der Waals surface area (Å²) in [4.78, 5) is 23.5. The highest BCUT2D eigenvalue weighted by Crippen LogP contribution is 2.33. The Kier molecular flexibility index (Phi) is 5.62. The maximum absolute atomic E-state index is 12.2. The molecule has 0 aromatic heterocycles. The van der Waals surface area contributed by atoms with Crippen LogP contribution in [0.2, 0.25) is 0 Å². The normalized spacial score (nSPS) is 18.7. The molecule has 17 heavy (non-hydrogen) atoms. The van der Waals surface area contributed by atoms with Crippen molar-refractivity contribution in [1.82, 2.24) is 0 Å². The Morgan fingerprint density at radius 2 is 1.71 bits per heavy atom. The van der Waals surface area contributed by atoms with Crippen molar-refractivity contribution < 1.29 is 19.1 Å². The van der Waals surface area contributed by atoms with E-state index in [1.54, 1.807) is 6.92 Å². The molecule has 0 radical (unpaired) electrons. The highest BCUT2D eigenvalue weighted by Gasteiger charge is 2.40. The quantitative estimate of drug-likeness (QED) is 0.529. The fourth-order valence-electron chi connectivity index (χ4n) is 2.41. The standard InChI is InChI=1S/C13H22O4/c1-3-16-12(15)10-11(14)13(17-4-2)8-6-5-7-9-13/h3-10H2,1-2H3. The van der Waals surface area contributed by atoms with Gasteiger partial charge in [0.05, 0.1) is 6.61 Å². The van der Waals surface area contributed by atoms with E-state index in [-0.39, 0.29) is 12.2 Å². The summed E-state index contributed by atoms with van der Waals surface area (Å²) < 4.78 is 10.5. The molecule has 0 bridgehead atoms. The summed E-state index contributed by atoms with van der Waals surface area (Å²) in [5, 5.41) is 0. The minimum absolute atomic E-state index is 0.113. The third-order valence-corrected chi connectivity index (χ3v) is 3.20. The fraction of sp³-hybridized carbons (Fsp3) is 0.846. The van der Waals surface area contributed by atoms with Crippen molar-refractivity contribution in [3.05, 3.63) is 0 Å². The van der Waals surface area contributed by atoms with Crippen molar-refractivity contribution in [3.63, 3.8) is 0 Å². The molecule has 1 saturated carbocycles. The molecule has 0 unspecified atom stereocenters. The molecule has 0 spiro atoms. The molecule has 0 aliphatic heterocycles. The van der Waals surface area contributed by atoms with E-state index in [9.17, 15) is 9.59 Å². The Bertz CT molecular complexity index is 261. The van der Waals surface area contributed by atoms with Gasteiger partial charge in [0.15, 0.2) is 5.78 Å². The first kappa shape index (κ1) is 14.2. The summed E-state index contributed by atoms with van der Waals surface area (Å²) in [6.45, 7) is 4.44. The zero-order valence-electron chi connectivity index (χ0n) is 10.8. The van der Waals surface area contributed by atoms with Crippen LogP contribution in [0, 0.1) is 0 Å². The summed E-state index contributed by atoms with van der Waals surface area (Å²) in [7, 11) is 0. The van der Waals surface area contributed by atoms with Gasteiger partial charge in [0.1, 0.15) is 12.0 Å². The molecule has 0 aromatic carbocycles. The first-order chi connectivity index (χ1) is 8.14. The van der Waals surface area contributed by atoms with Crippen molar-refractivity contribution in [2.24, 2.45) is 0 Å².